The van der Waals surface area contributed by atoms with Crippen LogP contribution in [0.25, 0.3) is 10.2 Å². The molecule has 0 spiro atoms. The third-order valence-electron chi connectivity index (χ3n) is 3.15. The van der Waals surface area contributed by atoms with Gasteiger partial charge in [0.25, 0.3) is 0 Å². The quantitative estimate of drug-likeness (QED) is 0.821. The molecule has 0 aliphatic heterocycles. The van der Waals surface area contributed by atoms with Gasteiger partial charge in [0.1, 0.15) is 0 Å². The number of nitrogens with zero attached hydrogens (tertiary/aromatic N) is 1. The smallest absolute Gasteiger partial charge is 0.307 e. The SMILES string of the molecule is CCNC(=O)C(C)NS(=O)(=O)c1ccc2c(c1)sc(=O)n2C. The molecule has 1 heterocycles. The normalized spacial score (nSPS) is 13.2. The summed E-state index contributed by atoms with van der Waals surface area (Å²) in [6.07, 6.45) is 0. The first kappa shape index (κ1) is 16.7. The zero-order valence-corrected chi connectivity index (χ0v) is 14.0. The molecule has 0 bridgehead atoms. The average molecular weight is 343 g/mol. The Labute approximate surface area is 132 Å². The monoisotopic (exact) mass is 343 g/mol. The van der Waals surface area contributed by atoms with Gasteiger partial charge in [0.05, 0.1) is 21.2 Å². The third-order valence-corrected chi connectivity index (χ3v) is 5.68. The molecule has 0 aliphatic carbocycles. The molecule has 120 valence electrons. The predicted octanol–water partition coefficient (Wildman–Crippen LogP) is 0.403. The van der Waals surface area contributed by atoms with E-state index in [-0.39, 0.29) is 9.77 Å². The van der Waals surface area contributed by atoms with E-state index in [0.29, 0.717) is 16.8 Å². The van der Waals surface area contributed by atoms with Crippen LogP contribution in [0.2, 0.25) is 0 Å². The van der Waals surface area contributed by atoms with E-state index >= 15 is 0 Å². The molecule has 1 aromatic heterocycles. The molecule has 7 nitrogen and oxygen atoms in total. The maximum atomic E-state index is 12.3. The number of hydrogen-bond donors (Lipinski definition) is 2. The number of carbonyl (C=O) groups is 1. The Morgan fingerprint density at radius 1 is 1.41 bits per heavy atom. The minimum atomic E-state index is -3.83. The highest BCUT2D eigenvalue weighted by Crippen LogP contribution is 2.21. The second-order valence-electron chi connectivity index (χ2n) is 4.79. The van der Waals surface area contributed by atoms with E-state index in [1.165, 1.54) is 23.6 Å². The van der Waals surface area contributed by atoms with E-state index in [0.717, 1.165) is 11.3 Å². The second-order valence-corrected chi connectivity index (χ2v) is 7.50. The summed E-state index contributed by atoms with van der Waals surface area (Å²) in [6, 6.07) is 3.56. The lowest BCUT2D eigenvalue weighted by Gasteiger charge is -2.13. The highest BCUT2D eigenvalue weighted by Gasteiger charge is 2.22. The second kappa shape index (κ2) is 6.19. The topological polar surface area (TPSA) is 97.3 Å². The molecular weight excluding hydrogens is 326 g/mol. The number of rotatable bonds is 5. The van der Waals surface area contributed by atoms with E-state index < -0.39 is 22.0 Å². The Hall–Kier alpha value is -1.71. The number of aromatic nitrogens is 1. The largest absolute Gasteiger partial charge is 0.355 e. The highest BCUT2D eigenvalue weighted by molar-refractivity contribution is 7.89. The van der Waals surface area contributed by atoms with Crippen LogP contribution in [0.4, 0.5) is 0 Å². The lowest BCUT2D eigenvalue weighted by Crippen LogP contribution is -2.44. The fraction of sp³-hybridized carbons (Fsp3) is 0.385. The summed E-state index contributed by atoms with van der Waals surface area (Å²) in [7, 11) is -2.20. The standard InChI is InChI=1S/C13H17N3O4S2/c1-4-14-12(17)8(2)15-22(19,20)9-5-6-10-11(7-9)21-13(18)16(10)3/h5-8,15H,4H2,1-3H3,(H,14,17). The molecule has 22 heavy (non-hydrogen) atoms. The first-order chi connectivity index (χ1) is 10.3. The minimum absolute atomic E-state index is 0.0259. The van der Waals surface area contributed by atoms with Crippen molar-refractivity contribution in [3.63, 3.8) is 0 Å². The summed E-state index contributed by atoms with van der Waals surface area (Å²) in [5.74, 6) is -0.392. The molecule has 0 saturated heterocycles. The van der Waals surface area contributed by atoms with E-state index in [2.05, 4.69) is 10.0 Å². The van der Waals surface area contributed by atoms with Crippen molar-refractivity contribution in [3.05, 3.63) is 27.9 Å². The molecule has 1 unspecified atom stereocenters. The van der Waals surface area contributed by atoms with Crippen molar-refractivity contribution in [1.29, 1.82) is 0 Å². The van der Waals surface area contributed by atoms with Crippen molar-refractivity contribution < 1.29 is 13.2 Å². The molecule has 0 aliphatic rings. The van der Waals surface area contributed by atoms with Gasteiger partial charge in [-0.05, 0) is 32.0 Å². The molecule has 1 atom stereocenters. The van der Waals surface area contributed by atoms with Gasteiger partial charge >= 0.3 is 4.87 Å². The van der Waals surface area contributed by atoms with Gasteiger partial charge in [0.2, 0.25) is 15.9 Å². The van der Waals surface area contributed by atoms with Gasteiger partial charge in [-0.15, -0.1) is 0 Å². The summed E-state index contributed by atoms with van der Waals surface area (Å²) < 4.78 is 29.0. The molecule has 9 heteroatoms. The van der Waals surface area contributed by atoms with Crippen LogP contribution in [0.3, 0.4) is 0 Å². The highest BCUT2D eigenvalue weighted by atomic mass is 32.2. The summed E-state index contributed by atoms with van der Waals surface area (Å²) in [5, 5.41) is 2.55. The van der Waals surface area contributed by atoms with E-state index in [1.54, 1.807) is 20.0 Å². The number of fused-ring (bicyclic) bond motifs is 1. The Bertz CT molecular complexity index is 867. The van der Waals surface area contributed by atoms with Crippen LogP contribution in [-0.2, 0) is 21.9 Å². The maximum Gasteiger partial charge on any atom is 0.307 e. The van der Waals surface area contributed by atoms with Crippen molar-refractivity contribution in [2.75, 3.05) is 6.54 Å². The number of carbonyl (C=O) groups excluding carboxylic acids is 1. The fourth-order valence-corrected chi connectivity index (χ4v) is 4.19. The first-order valence-corrected chi connectivity index (χ1v) is 8.96. The number of hydrogen-bond acceptors (Lipinski definition) is 5. The Morgan fingerprint density at radius 3 is 2.73 bits per heavy atom. The van der Waals surface area contributed by atoms with Gasteiger partial charge in [0, 0.05) is 13.6 Å². The molecule has 2 rings (SSSR count). The molecular formula is C13H17N3O4S2. The van der Waals surface area contributed by atoms with Gasteiger partial charge in [-0.1, -0.05) is 11.3 Å². The van der Waals surface area contributed by atoms with Gasteiger partial charge < -0.3 is 9.88 Å². The molecule has 1 amide bonds. The number of likely N-dealkylation sites (N-methyl/N-ethyl adjacent to an activating group) is 1. The molecule has 0 fully saturated rings. The summed E-state index contributed by atoms with van der Waals surface area (Å²) in [4.78, 5) is 23.1. The molecule has 1 aromatic carbocycles. The van der Waals surface area contributed by atoms with Crippen molar-refractivity contribution in [2.45, 2.75) is 24.8 Å². The number of benzene rings is 1. The zero-order chi connectivity index (χ0) is 16.5. The van der Waals surface area contributed by atoms with Crippen molar-refractivity contribution in [3.8, 4) is 0 Å². The Balaban J connectivity index is 2.33. The summed E-state index contributed by atoms with van der Waals surface area (Å²) >= 11 is 0.978. The van der Waals surface area contributed by atoms with Crippen LogP contribution < -0.4 is 14.9 Å². The first-order valence-electron chi connectivity index (χ1n) is 6.66. The van der Waals surface area contributed by atoms with Crippen LogP contribution in [-0.4, -0.2) is 31.5 Å². The van der Waals surface area contributed by atoms with Crippen molar-refractivity contribution in [1.82, 2.24) is 14.6 Å². The van der Waals surface area contributed by atoms with Gasteiger partial charge in [0.15, 0.2) is 0 Å². The summed E-state index contributed by atoms with van der Waals surface area (Å²) in [5.41, 5.74) is 0.672. The fourth-order valence-electron chi connectivity index (χ4n) is 1.96. The molecule has 0 saturated carbocycles. The number of aryl methyl sites for hydroxylation is 1. The number of amides is 1. The number of sulfonamides is 1. The van der Waals surface area contributed by atoms with Gasteiger partial charge in [-0.2, -0.15) is 4.72 Å². The Morgan fingerprint density at radius 2 is 2.09 bits per heavy atom. The predicted molar refractivity (Wildman–Crippen MR) is 85.5 cm³/mol. The van der Waals surface area contributed by atoms with Crippen LogP contribution in [0.1, 0.15) is 13.8 Å². The van der Waals surface area contributed by atoms with Crippen LogP contribution in [0, 0.1) is 0 Å². The summed E-state index contributed by atoms with van der Waals surface area (Å²) in [6.45, 7) is 3.65. The van der Waals surface area contributed by atoms with Crippen molar-refractivity contribution >= 4 is 37.5 Å². The lowest BCUT2D eigenvalue weighted by atomic mass is 10.3. The number of nitrogens with one attached hydrogen (secondary N) is 2. The molecule has 0 radical (unpaired) electrons. The zero-order valence-electron chi connectivity index (χ0n) is 12.4. The average Bonchev–Trinajstić information content (AvgIpc) is 2.73. The van der Waals surface area contributed by atoms with E-state index in [4.69, 9.17) is 0 Å². The molecule has 2 aromatic rings. The number of thiazole rings is 1. The van der Waals surface area contributed by atoms with Gasteiger partial charge in [-0.3, -0.25) is 9.59 Å². The van der Waals surface area contributed by atoms with Gasteiger partial charge in [-0.25, -0.2) is 8.42 Å². The van der Waals surface area contributed by atoms with E-state index in [9.17, 15) is 18.0 Å². The maximum absolute atomic E-state index is 12.3. The van der Waals surface area contributed by atoms with Crippen LogP contribution in [0.15, 0.2) is 27.9 Å². The Kier molecular flexibility index (Phi) is 4.69. The third kappa shape index (κ3) is 3.21. The minimum Gasteiger partial charge on any atom is -0.355 e. The van der Waals surface area contributed by atoms with E-state index in [1.807, 2.05) is 0 Å². The van der Waals surface area contributed by atoms with Crippen LogP contribution in [0.5, 0.6) is 0 Å². The van der Waals surface area contributed by atoms with Crippen molar-refractivity contribution in [2.24, 2.45) is 7.05 Å². The molecule has 2 N–H and O–H groups in total. The lowest BCUT2D eigenvalue weighted by molar-refractivity contribution is -0.122. The van der Waals surface area contributed by atoms with Crippen LogP contribution >= 0.6 is 11.3 Å².